The van der Waals surface area contributed by atoms with Gasteiger partial charge in [0.25, 0.3) is 5.91 Å². The largest absolute Gasteiger partial charge is 0.497 e. The second kappa shape index (κ2) is 8.40. The molecule has 0 aliphatic heterocycles. The highest BCUT2D eigenvalue weighted by molar-refractivity contribution is 5.93. The number of ether oxygens (including phenoxy) is 1. The molecule has 2 aromatic carbocycles. The Morgan fingerprint density at radius 3 is 2.56 bits per heavy atom. The third-order valence-corrected chi connectivity index (χ3v) is 4.59. The molecule has 27 heavy (non-hydrogen) atoms. The predicted octanol–water partition coefficient (Wildman–Crippen LogP) is 3.34. The van der Waals surface area contributed by atoms with E-state index in [1.165, 1.54) is 0 Å². The van der Waals surface area contributed by atoms with E-state index in [4.69, 9.17) is 4.74 Å². The number of aromatic amines is 1. The van der Waals surface area contributed by atoms with E-state index in [-0.39, 0.29) is 11.9 Å². The van der Waals surface area contributed by atoms with Crippen molar-refractivity contribution in [3.05, 3.63) is 66.4 Å². The first-order valence-corrected chi connectivity index (χ1v) is 8.84. The summed E-state index contributed by atoms with van der Waals surface area (Å²) in [4.78, 5) is 14.6. The number of H-pyrrole nitrogens is 1. The van der Waals surface area contributed by atoms with E-state index < -0.39 is 0 Å². The standard InChI is InChI=1S/C21H24N4O2/c1-15(25(2)17-7-5-4-6-8-17)14-22-21(26)20-13-19(23-24-20)16-9-11-18(27-3)12-10-16/h4-13,15H,14H2,1-3H3,(H,22,26)(H,23,24)/t15-/m1/s1. The van der Waals surface area contributed by atoms with Gasteiger partial charge in [-0.25, -0.2) is 0 Å². The summed E-state index contributed by atoms with van der Waals surface area (Å²) in [6.45, 7) is 2.60. The summed E-state index contributed by atoms with van der Waals surface area (Å²) in [6, 6.07) is 19.6. The zero-order chi connectivity index (χ0) is 19.2. The Labute approximate surface area is 159 Å². The number of nitrogens with zero attached hydrogens (tertiary/aromatic N) is 2. The van der Waals surface area contributed by atoms with Gasteiger partial charge >= 0.3 is 0 Å². The van der Waals surface area contributed by atoms with Gasteiger partial charge in [-0.3, -0.25) is 9.89 Å². The number of likely N-dealkylation sites (N-methyl/N-ethyl adjacent to an activating group) is 1. The monoisotopic (exact) mass is 364 g/mol. The number of hydrogen-bond donors (Lipinski definition) is 2. The van der Waals surface area contributed by atoms with Gasteiger partial charge in [0, 0.05) is 30.9 Å². The minimum atomic E-state index is -0.171. The highest BCUT2D eigenvalue weighted by Crippen LogP contribution is 2.21. The average Bonchev–Trinajstić information content (AvgIpc) is 3.22. The molecule has 0 saturated heterocycles. The van der Waals surface area contributed by atoms with E-state index >= 15 is 0 Å². The van der Waals surface area contributed by atoms with Crippen molar-refractivity contribution in [3.63, 3.8) is 0 Å². The van der Waals surface area contributed by atoms with Crippen molar-refractivity contribution < 1.29 is 9.53 Å². The number of amides is 1. The molecule has 0 aliphatic rings. The van der Waals surface area contributed by atoms with E-state index in [1.807, 2.05) is 61.6 Å². The van der Waals surface area contributed by atoms with E-state index in [9.17, 15) is 4.79 Å². The Balaban J connectivity index is 1.59. The molecule has 0 saturated carbocycles. The molecular weight excluding hydrogens is 340 g/mol. The van der Waals surface area contributed by atoms with Gasteiger partial charge < -0.3 is 15.0 Å². The first-order valence-electron chi connectivity index (χ1n) is 8.84. The number of para-hydroxylation sites is 1. The van der Waals surface area contributed by atoms with Crippen molar-refractivity contribution in [2.75, 3.05) is 25.6 Å². The summed E-state index contributed by atoms with van der Waals surface area (Å²) in [5.74, 6) is 0.611. The summed E-state index contributed by atoms with van der Waals surface area (Å²) in [5.41, 5.74) is 3.19. The molecule has 1 amide bonds. The average molecular weight is 364 g/mol. The molecule has 140 valence electrons. The number of nitrogens with one attached hydrogen (secondary N) is 2. The number of rotatable bonds is 7. The van der Waals surface area contributed by atoms with Crippen LogP contribution in [0.2, 0.25) is 0 Å². The second-order valence-corrected chi connectivity index (χ2v) is 6.40. The van der Waals surface area contributed by atoms with Crippen molar-refractivity contribution in [3.8, 4) is 17.0 Å². The SMILES string of the molecule is COc1ccc(-c2cc(C(=O)NC[C@@H](C)N(C)c3ccccc3)[nH]n2)cc1. The van der Waals surface area contributed by atoms with Crippen LogP contribution in [0.5, 0.6) is 5.75 Å². The number of aromatic nitrogens is 2. The van der Waals surface area contributed by atoms with Crippen molar-refractivity contribution in [2.24, 2.45) is 0 Å². The van der Waals surface area contributed by atoms with Crippen LogP contribution in [0.3, 0.4) is 0 Å². The van der Waals surface area contributed by atoms with Crippen LogP contribution in [0, 0.1) is 0 Å². The van der Waals surface area contributed by atoms with E-state index in [0.29, 0.717) is 12.2 Å². The van der Waals surface area contributed by atoms with Crippen LogP contribution >= 0.6 is 0 Å². The lowest BCUT2D eigenvalue weighted by Gasteiger charge is -2.27. The third-order valence-electron chi connectivity index (χ3n) is 4.59. The van der Waals surface area contributed by atoms with Gasteiger partial charge in [-0.2, -0.15) is 5.10 Å². The summed E-state index contributed by atoms with van der Waals surface area (Å²) in [5, 5.41) is 10.0. The first kappa shape index (κ1) is 18.5. The zero-order valence-corrected chi connectivity index (χ0v) is 15.8. The summed E-state index contributed by atoms with van der Waals surface area (Å²) in [7, 11) is 3.65. The minimum Gasteiger partial charge on any atom is -0.497 e. The maximum atomic E-state index is 12.4. The molecule has 0 bridgehead atoms. The Bertz CT molecular complexity index is 875. The van der Waals surface area contributed by atoms with Crippen LogP contribution < -0.4 is 15.0 Å². The molecule has 6 nitrogen and oxygen atoms in total. The molecule has 0 radical (unpaired) electrons. The predicted molar refractivity (Wildman–Crippen MR) is 107 cm³/mol. The Morgan fingerprint density at radius 2 is 1.89 bits per heavy atom. The van der Waals surface area contributed by atoms with Gasteiger partial charge in [-0.05, 0) is 49.4 Å². The van der Waals surface area contributed by atoms with Crippen molar-refractivity contribution >= 4 is 11.6 Å². The summed E-state index contributed by atoms with van der Waals surface area (Å²) < 4.78 is 5.16. The molecule has 1 aromatic heterocycles. The number of carbonyl (C=O) groups is 1. The Morgan fingerprint density at radius 1 is 1.19 bits per heavy atom. The van der Waals surface area contributed by atoms with Crippen LogP contribution in [-0.4, -0.2) is 42.8 Å². The molecule has 1 heterocycles. The first-order chi connectivity index (χ1) is 13.1. The van der Waals surface area contributed by atoms with Gasteiger partial charge in [0.2, 0.25) is 0 Å². The van der Waals surface area contributed by atoms with Crippen molar-refractivity contribution in [1.82, 2.24) is 15.5 Å². The number of carbonyl (C=O) groups excluding carboxylic acids is 1. The Kier molecular flexibility index (Phi) is 5.76. The molecule has 3 rings (SSSR count). The van der Waals surface area contributed by atoms with Crippen molar-refractivity contribution in [2.45, 2.75) is 13.0 Å². The smallest absolute Gasteiger partial charge is 0.269 e. The van der Waals surface area contributed by atoms with Gasteiger partial charge in [0.05, 0.1) is 12.8 Å². The van der Waals surface area contributed by atoms with Crippen LogP contribution in [0.4, 0.5) is 5.69 Å². The van der Waals surface area contributed by atoms with Crippen LogP contribution in [-0.2, 0) is 0 Å². The zero-order valence-electron chi connectivity index (χ0n) is 15.8. The van der Waals surface area contributed by atoms with Gasteiger partial charge in [0.1, 0.15) is 11.4 Å². The van der Waals surface area contributed by atoms with Crippen LogP contribution in [0.25, 0.3) is 11.3 Å². The topological polar surface area (TPSA) is 70.2 Å². The molecule has 0 fully saturated rings. The maximum Gasteiger partial charge on any atom is 0.269 e. The number of methoxy groups -OCH3 is 1. The quantitative estimate of drug-likeness (QED) is 0.675. The third kappa shape index (κ3) is 4.47. The van der Waals surface area contributed by atoms with Crippen LogP contribution in [0.1, 0.15) is 17.4 Å². The minimum absolute atomic E-state index is 0.153. The van der Waals surface area contributed by atoms with E-state index in [0.717, 1.165) is 22.7 Å². The fourth-order valence-electron chi connectivity index (χ4n) is 2.74. The van der Waals surface area contributed by atoms with Crippen LogP contribution in [0.15, 0.2) is 60.7 Å². The fraction of sp³-hybridized carbons (Fsp3) is 0.238. The number of benzene rings is 2. The van der Waals surface area contributed by atoms with Gasteiger partial charge in [-0.1, -0.05) is 18.2 Å². The van der Waals surface area contributed by atoms with Gasteiger partial charge in [0.15, 0.2) is 0 Å². The normalized spacial score (nSPS) is 11.7. The van der Waals surface area contributed by atoms with E-state index in [2.05, 4.69) is 27.3 Å². The Hall–Kier alpha value is -3.28. The molecular formula is C21H24N4O2. The lowest BCUT2D eigenvalue weighted by atomic mass is 10.1. The molecule has 6 heteroatoms. The summed E-state index contributed by atoms with van der Waals surface area (Å²) in [6.07, 6.45) is 0. The number of anilines is 1. The maximum absolute atomic E-state index is 12.4. The lowest BCUT2D eigenvalue weighted by molar-refractivity contribution is 0.0946. The highest BCUT2D eigenvalue weighted by atomic mass is 16.5. The molecule has 0 aliphatic carbocycles. The fourth-order valence-corrected chi connectivity index (χ4v) is 2.74. The molecule has 2 N–H and O–H groups in total. The number of hydrogen-bond acceptors (Lipinski definition) is 4. The molecule has 1 atom stereocenters. The van der Waals surface area contributed by atoms with Crippen molar-refractivity contribution in [1.29, 1.82) is 0 Å². The van der Waals surface area contributed by atoms with E-state index in [1.54, 1.807) is 13.2 Å². The second-order valence-electron chi connectivity index (χ2n) is 6.40. The molecule has 0 spiro atoms. The highest BCUT2D eigenvalue weighted by Gasteiger charge is 2.14. The van der Waals surface area contributed by atoms with Gasteiger partial charge in [-0.15, -0.1) is 0 Å². The summed E-state index contributed by atoms with van der Waals surface area (Å²) >= 11 is 0. The molecule has 3 aromatic rings. The lowest BCUT2D eigenvalue weighted by Crippen LogP contribution is -2.40. The molecule has 0 unspecified atom stereocenters.